The van der Waals surface area contributed by atoms with E-state index in [9.17, 15) is 8.42 Å². The second-order valence-corrected chi connectivity index (χ2v) is 8.72. The first-order valence-corrected chi connectivity index (χ1v) is 11.0. The van der Waals surface area contributed by atoms with Crippen molar-refractivity contribution in [2.75, 3.05) is 0 Å². The smallest absolute Gasteiger partial charge is 0.339 e. The predicted octanol–water partition coefficient (Wildman–Crippen LogP) is 6.32. The summed E-state index contributed by atoms with van der Waals surface area (Å²) in [4.78, 5) is 4.66. The van der Waals surface area contributed by atoms with Crippen LogP contribution in [-0.2, 0) is 10.1 Å². The van der Waals surface area contributed by atoms with Gasteiger partial charge in [0.05, 0.1) is 5.69 Å². The predicted molar refractivity (Wildman–Crippen MR) is 122 cm³/mol. The lowest BCUT2D eigenvalue weighted by Crippen LogP contribution is -2.11. The number of rotatable bonds is 5. The lowest BCUT2D eigenvalue weighted by Gasteiger charge is -2.12. The summed E-state index contributed by atoms with van der Waals surface area (Å²) in [7, 11) is -3.99. The van der Waals surface area contributed by atoms with E-state index in [0.717, 1.165) is 16.3 Å². The van der Waals surface area contributed by atoms with Crippen LogP contribution in [0.25, 0.3) is 10.8 Å². The minimum Gasteiger partial charge on any atom is -0.378 e. The molecule has 0 aliphatic heterocycles. The van der Waals surface area contributed by atoms with E-state index in [4.69, 9.17) is 15.8 Å². The van der Waals surface area contributed by atoms with Crippen LogP contribution in [0.15, 0.2) is 94.8 Å². The SMILES string of the molecule is Cc1ccc(Cl)cc1N=Cc1c(OS(=O)(=O)c2ccccc2)ccc2ccccc12. The average Bonchev–Trinajstić information content (AvgIpc) is 2.75. The van der Waals surface area contributed by atoms with Crippen LogP contribution in [0, 0.1) is 6.92 Å². The summed E-state index contributed by atoms with van der Waals surface area (Å²) in [5.41, 5.74) is 2.23. The molecule has 0 bridgehead atoms. The van der Waals surface area contributed by atoms with Gasteiger partial charge in [-0.05, 0) is 53.6 Å². The van der Waals surface area contributed by atoms with Gasteiger partial charge in [-0.25, -0.2) is 0 Å². The highest BCUT2D eigenvalue weighted by molar-refractivity contribution is 7.87. The fourth-order valence-corrected chi connectivity index (χ4v) is 4.23. The molecule has 0 aliphatic rings. The molecule has 0 fully saturated rings. The molecule has 0 heterocycles. The van der Waals surface area contributed by atoms with Crippen molar-refractivity contribution < 1.29 is 12.6 Å². The minimum absolute atomic E-state index is 0.0896. The van der Waals surface area contributed by atoms with Gasteiger partial charge in [0.15, 0.2) is 5.75 Å². The number of halogens is 1. The first kappa shape index (κ1) is 20.1. The highest BCUT2D eigenvalue weighted by atomic mass is 35.5. The molecule has 0 atom stereocenters. The van der Waals surface area contributed by atoms with Crippen molar-refractivity contribution >= 4 is 44.4 Å². The zero-order valence-corrected chi connectivity index (χ0v) is 17.7. The van der Waals surface area contributed by atoms with Crippen molar-refractivity contribution in [1.82, 2.24) is 0 Å². The van der Waals surface area contributed by atoms with Crippen LogP contribution in [0.4, 0.5) is 5.69 Å². The van der Waals surface area contributed by atoms with Crippen molar-refractivity contribution in [3.05, 3.63) is 101 Å². The third-order valence-corrected chi connectivity index (χ3v) is 6.15. The molecule has 0 unspecified atom stereocenters. The van der Waals surface area contributed by atoms with Crippen LogP contribution in [0.2, 0.25) is 5.02 Å². The molecular weight excluding hydrogens is 418 g/mol. The first-order chi connectivity index (χ1) is 14.4. The average molecular weight is 436 g/mol. The van der Waals surface area contributed by atoms with E-state index >= 15 is 0 Å². The van der Waals surface area contributed by atoms with Crippen LogP contribution in [0.3, 0.4) is 0 Å². The lowest BCUT2D eigenvalue weighted by molar-refractivity contribution is 0.486. The van der Waals surface area contributed by atoms with Crippen molar-refractivity contribution in [3.8, 4) is 5.75 Å². The Bertz CT molecular complexity index is 1350. The molecule has 0 N–H and O–H groups in total. The Balaban J connectivity index is 1.83. The number of aryl methyl sites for hydroxylation is 1. The molecule has 0 spiro atoms. The fourth-order valence-electron chi connectivity index (χ4n) is 3.09. The molecule has 30 heavy (non-hydrogen) atoms. The Kier molecular flexibility index (Phi) is 5.57. The van der Waals surface area contributed by atoms with Crippen molar-refractivity contribution in [1.29, 1.82) is 0 Å². The second kappa shape index (κ2) is 8.30. The number of hydrogen-bond donors (Lipinski definition) is 0. The highest BCUT2D eigenvalue weighted by Crippen LogP contribution is 2.30. The standard InChI is InChI=1S/C24H18ClNO3S/c1-17-11-13-19(25)15-23(17)26-16-22-21-10-6-5-7-18(21)12-14-24(22)29-30(27,28)20-8-3-2-4-9-20/h2-16H,1H3. The van der Waals surface area contributed by atoms with E-state index in [1.54, 1.807) is 42.6 Å². The molecule has 0 saturated carbocycles. The summed E-state index contributed by atoms with van der Waals surface area (Å²) in [6, 6.07) is 24.6. The zero-order valence-electron chi connectivity index (χ0n) is 16.1. The van der Waals surface area contributed by atoms with E-state index in [-0.39, 0.29) is 10.6 Å². The van der Waals surface area contributed by atoms with Crippen molar-refractivity contribution in [3.63, 3.8) is 0 Å². The van der Waals surface area contributed by atoms with E-state index in [2.05, 4.69) is 4.99 Å². The Hall–Kier alpha value is -3.15. The van der Waals surface area contributed by atoms with Gasteiger partial charge in [0.1, 0.15) is 4.90 Å². The molecule has 0 saturated heterocycles. The number of fused-ring (bicyclic) bond motifs is 1. The van der Waals surface area contributed by atoms with Gasteiger partial charge in [-0.15, -0.1) is 0 Å². The Morgan fingerprint density at radius 2 is 1.63 bits per heavy atom. The third kappa shape index (κ3) is 4.22. The van der Waals surface area contributed by atoms with E-state index in [1.165, 1.54) is 12.1 Å². The summed E-state index contributed by atoms with van der Waals surface area (Å²) in [5, 5.41) is 2.36. The number of hydrogen-bond acceptors (Lipinski definition) is 4. The zero-order chi connectivity index (χ0) is 21.1. The topological polar surface area (TPSA) is 55.7 Å². The van der Waals surface area contributed by atoms with E-state index in [0.29, 0.717) is 16.3 Å². The number of nitrogens with zero attached hydrogens (tertiary/aromatic N) is 1. The number of aliphatic imine (C=N–C) groups is 1. The van der Waals surface area contributed by atoms with Gasteiger partial charge in [-0.3, -0.25) is 4.99 Å². The molecule has 4 aromatic rings. The molecule has 4 rings (SSSR count). The van der Waals surface area contributed by atoms with Gasteiger partial charge >= 0.3 is 10.1 Å². The van der Waals surface area contributed by atoms with Crippen LogP contribution in [-0.4, -0.2) is 14.6 Å². The quantitative estimate of drug-likeness (QED) is 0.272. The Morgan fingerprint density at radius 1 is 0.900 bits per heavy atom. The normalized spacial score (nSPS) is 11.8. The Morgan fingerprint density at radius 3 is 2.43 bits per heavy atom. The maximum Gasteiger partial charge on any atom is 0.339 e. The second-order valence-electron chi connectivity index (χ2n) is 6.74. The van der Waals surface area contributed by atoms with Crippen molar-refractivity contribution in [2.24, 2.45) is 4.99 Å². The van der Waals surface area contributed by atoms with E-state index in [1.807, 2.05) is 43.3 Å². The molecule has 0 aliphatic carbocycles. The molecule has 0 amide bonds. The van der Waals surface area contributed by atoms with Crippen LogP contribution >= 0.6 is 11.6 Å². The molecule has 4 nitrogen and oxygen atoms in total. The van der Waals surface area contributed by atoms with Gasteiger partial charge < -0.3 is 4.18 Å². The van der Waals surface area contributed by atoms with Crippen molar-refractivity contribution in [2.45, 2.75) is 11.8 Å². The maximum absolute atomic E-state index is 12.8. The summed E-state index contributed by atoms with van der Waals surface area (Å²) in [5.74, 6) is 0.209. The van der Waals surface area contributed by atoms with E-state index < -0.39 is 10.1 Å². The van der Waals surface area contributed by atoms with Gasteiger partial charge in [-0.2, -0.15) is 8.42 Å². The van der Waals surface area contributed by atoms with Gasteiger partial charge in [-0.1, -0.05) is 66.2 Å². The molecule has 4 aromatic carbocycles. The van der Waals surface area contributed by atoms with Gasteiger partial charge in [0, 0.05) is 16.8 Å². The van der Waals surface area contributed by atoms with Gasteiger partial charge in [0.25, 0.3) is 0 Å². The molecule has 150 valence electrons. The molecular formula is C24H18ClNO3S. The fraction of sp³-hybridized carbons (Fsp3) is 0.0417. The minimum atomic E-state index is -3.99. The molecule has 6 heteroatoms. The molecule has 0 radical (unpaired) electrons. The summed E-state index contributed by atoms with van der Waals surface area (Å²) in [6.07, 6.45) is 1.62. The largest absolute Gasteiger partial charge is 0.378 e. The first-order valence-electron chi connectivity index (χ1n) is 9.25. The van der Waals surface area contributed by atoms with Crippen LogP contribution in [0.1, 0.15) is 11.1 Å². The summed E-state index contributed by atoms with van der Waals surface area (Å²) in [6.45, 7) is 1.93. The number of benzene rings is 4. The summed E-state index contributed by atoms with van der Waals surface area (Å²) >= 11 is 6.10. The van der Waals surface area contributed by atoms with Crippen LogP contribution in [0.5, 0.6) is 5.75 Å². The Labute approximate surface area is 180 Å². The summed E-state index contributed by atoms with van der Waals surface area (Å²) < 4.78 is 31.1. The van der Waals surface area contributed by atoms with Crippen LogP contribution < -0.4 is 4.18 Å². The molecule has 0 aromatic heterocycles. The third-order valence-electron chi connectivity index (χ3n) is 4.67. The van der Waals surface area contributed by atoms with Gasteiger partial charge in [0.2, 0.25) is 0 Å². The monoisotopic (exact) mass is 435 g/mol. The maximum atomic E-state index is 12.8. The highest BCUT2D eigenvalue weighted by Gasteiger charge is 2.19. The lowest BCUT2D eigenvalue weighted by atomic mass is 10.0.